The first-order valence-corrected chi connectivity index (χ1v) is 8.67. The topological polar surface area (TPSA) is 140 Å². The number of nitrogens with one attached hydrogen (secondary N) is 3. The molecule has 1 aromatic carbocycles. The number of sulfonamides is 1. The maximum Gasteiger partial charge on any atom is 0.322 e. The second kappa shape index (κ2) is 6.38. The fourth-order valence-electron chi connectivity index (χ4n) is 2.36. The molecule has 10 heteroatoms. The van der Waals surface area contributed by atoms with Crippen molar-refractivity contribution in [2.24, 2.45) is 5.73 Å². The van der Waals surface area contributed by atoms with Gasteiger partial charge in [-0.25, -0.2) is 17.9 Å². The van der Waals surface area contributed by atoms with Crippen LogP contribution in [0, 0.1) is 0 Å². The molecule has 0 bridgehead atoms. The quantitative estimate of drug-likeness (QED) is 0.501. The van der Waals surface area contributed by atoms with E-state index in [1.165, 1.54) is 32.2 Å². The molecule has 1 saturated heterocycles. The van der Waals surface area contributed by atoms with Crippen molar-refractivity contribution < 1.29 is 22.7 Å². The molecule has 24 heavy (non-hydrogen) atoms. The zero-order valence-corrected chi connectivity index (χ0v) is 14.4. The van der Waals surface area contributed by atoms with Gasteiger partial charge in [0.1, 0.15) is 11.3 Å². The molecule has 1 aliphatic heterocycles. The zero-order chi connectivity index (χ0) is 18.1. The highest BCUT2D eigenvalue weighted by Gasteiger charge is 2.45. The van der Waals surface area contributed by atoms with Crippen LogP contribution in [0.5, 0.6) is 5.75 Å². The molecule has 1 unspecified atom stereocenters. The molecule has 0 saturated carbocycles. The van der Waals surface area contributed by atoms with E-state index in [2.05, 4.69) is 15.4 Å². The van der Waals surface area contributed by atoms with E-state index in [0.717, 1.165) is 0 Å². The van der Waals surface area contributed by atoms with Gasteiger partial charge < -0.3 is 15.8 Å². The number of benzene rings is 1. The molecule has 1 aromatic rings. The number of amides is 3. The number of nitrogens with two attached hydrogens (primary N) is 1. The first kappa shape index (κ1) is 18.2. The minimum Gasteiger partial charge on any atom is -0.496 e. The first-order valence-electron chi connectivity index (χ1n) is 7.18. The van der Waals surface area contributed by atoms with Crippen LogP contribution < -0.4 is 25.8 Å². The standard InChI is InChI=1S/C14H20N4O5S/c1-8(7-15)18-24(21,22)9-4-5-11(23-3)10(6-9)14(2)12(19)16-13(20)17-14/h4-6,8,18H,7,15H2,1-3H3,(H2,16,17,19,20)/t8-,14?/m0/s1. The molecule has 9 nitrogen and oxygen atoms in total. The molecule has 2 atom stereocenters. The smallest absolute Gasteiger partial charge is 0.322 e. The molecule has 1 heterocycles. The van der Waals surface area contributed by atoms with Crippen molar-refractivity contribution in [3.8, 4) is 5.75 Å². The van der Waals surface area contributed by atoms with Crippen LogP contribution in [0.25, 0.3) is 0 Å². The van der Waals surface area contributed by atoms with Crippen LogP contribution in [-0.4, -0.2) is 40.1 Å². The lowest BCUT2D eigenvalue weighted by Crippen LogP contribution is -2.41. The number of ether oxygens (including phenoxy) is 1. The largest absolute Gasteiger partial charge is 0.496 e. The molecule has 5 N–H and O–H groups in total. The van der Waals surface area contributed by atoms with Gasteiger partial charge in [-0.15, -0.1) is 0 Å². The van der Waals surface area contributed by atoms with Crippen molar-refractivity contribution in [3.05, 3.63) is 23.8 Å². The third-order valence-corrected chi connectivity index (χ3v) is 5.36. The van der Waals surface area contributed by atoms with Crippen LogP contribution in [-0.2, 0) is 20.4 Å². The third kappa shape index (κ3) is 3.21. The normalized spacial score (nSPS) is 22.0. The highest BCUT2D eigenvalue weighted by Crippen LogP contribution is 2.34. The Balaban J connectivity index is 2.53. The Hall–Kier alpha value is -2.17. The van der Waals surface area contributed by atoms with Crippen molar-refractivity contribution in [1.82, 2.24) is 15.4 Å². The number of carbonyl (C=O) groups excluding carboxylic acids is 2. The lowest BCUT2D eigenvalue weighted by molar-refractivity contribution is -0.123. The second-order valence-electron chi connectivity index (χ2n) is 5.65. The summed E-state index contributed by atoms with van der Waals surface area (Å²) in [5, 5.41) is 4.62. The minimum atomic E-state index is -3.84. The fraction of sp³-hybridized carbons (Fsp3) is 0.429. The third-order valence-electron chi connectivity index (χ3n) is 3.77. The number of hydrogen-bond donors (Lipinski definition) is 4. The summed E-state index contributed by atoms with van der Waals surface area (Å²) in [4.78, 5) is 23.5. The van der Waals surface area contributed by atoms with Gasteiger partial charge in [0.25, 0.3) is 5.91 Å². The summed E-state index contributed by atoms with van der Waals surface area (Å²) < 4.78 is 32.5. The lowest BCUT2D eigenvalue weighted by Gasteiger charge is -2.24. The van der Waals surface area contributed by atoms with E-state index in [4.69, 9.17) is 10.5 Å². The van der Waals surface area contributed by atoms with Gasteiger partial charge in [0.15, 0.2) is 0 Å². The van der Waals surface area contributed by atoms with Crippen molar-refractivity contribution in [3.63, 3.8) is 0 Å². The summed E-state index contributed by atoms with van der Waals surface area (Å²) in [6, 6.07) is 2.97. The van der Waals surface area contributed by atoms with E-state index < -0.39 is 33.5 Å². The SMILES string of the molecule is COc1ccc(S(=O)(=O)N[C@@H](C)CN)cc1C1(C)NC(=O)NC1=O. The second-order valence-corrected chi connectivity index (χ2v) is 7.37. The fourth-order valence-corrected chi connectivity index (χ4v) is 3.64. The van der Waals surface area contributed by atoms with E-state index in [-0.39, 0.29) is 22.8 Å². The Morgan fingerprint density at radius 3 is 2.54 bits per heavy atom. The van der Waals surface area contributed by atoms with E-state index in [1.807, 2.05) is 0 Å². The van der Waals surface area contributed by atoms with E-state index in [1.54, 1.807) is 6.92 Å². The number of rotatable bonds is 6. The Morgan fingerprint density at radius 2 is 2.04 bits per heavy atom. The predicted molar refractivity (Wildman–Crippen MR) is 85.9 cm³/mol. The van der Waals surface area contributed by atoms with Crippen molar-refractivity contribution in [2.45, 2.75) is 30.3 Å². The van der Waals surface area contributed by atoms with Gasteiger partial charge >= 0.3 is 6.03 Å². The van der Waals surface area contributed by atoms with Gasteiger partial charge in [0, 0.05) is 18.2 Å². The average molecular weight is 356 g/mol. The average Bonchev–Trinajstić information content (AvgIpc) is 2.79. The molecule has 1 aliphatic rings. The zero-order valence-electron chi connectivity index (χ0n) is 13.5. The number of hydrogen-bond acceptors (Lipinski definition) is 6. The molecule has 0 radical (unpaired) electrons. The van der Waals surface area contributed by atoms with Gasteiger partial charge in [-0.2, -0.15) is 0 Å². The molecule has 0 aromatic heterocycles. The highest BCUT2D eigenvalue weighted by atomic mass is 32.2. The van der Waals surface area contributed by atoms with Gasteiger partial charge in [0.05, 0.1) is 12.0 Å². The lowest BCUT2D eigenvalue weighted by atomic mass is 9.91. The Morgan fingerprint density at radius 1 is 1.38 bits per heavy atom. The van der Waals surface area contributed by atoms with Crippen LogP contribution in [0.1, 0.15) is 19.4 Å². The highest BCUT2D eigenvalue weighted by molar-refractivity contribution is 7.89. The van der Waals surface area contributed by atoms with Crippen LogP contribution in [0.15, 0.2) is 23.1 Å². The molecule has 132 valence electrons. The van der Waals surface area contributed by atoms with E-state index >= 15 is 0 Å². The van der Waals surface area contributed by atoms with Gasteiger partial charge in [-0.05, 0) is 32.0 Å². The Kier molecular flexibility index (Phi) is 4.83. The molecular formula is C14H20N4O5S. The molecular weight excluding hydrogens is 336 g/mol. The monoisotopic (exact) mass is 356 g/mol. The number of urea groups is 1. The Labute approximate surface area is 140 Å². The van der Waals surface area contributed by atoms with E-state index in [0.29, 0.717) is 0 Å². The van der Waals surface area contributed by atoms with Crippen molar-refractivity contribution in [1.29, 1.82) is 0 Å². The van der Waals surface area contributed by atoms with Gasteiger partial charge in [-0.3, -0.25) is 10.1 Å². The summed E-state index contributed by atoms with van der Waals surface area (Å²) in [6.45, 7) is 3.24. The molecule has 0 aliphatic carbocycles. The molecule has 1 fully saturated rings. The summed E-state index contributed by atoms with van der Waals surface area (Å²) in [7, 11) is -2.45. The van der Waals surface area contributed by atoms with E-state index in [9.17, 15) is 18.0 Å². The maximum atomic E-state index is 12.4. The summed E-state index contributed by atoms with van der Waals surface area (Å²) in [5.74, 6) is -0.315. The van der Waals surface area contributed by atoms with Crippen LogP contribution in [0.4, 0.5) is 4.79 Å². The van der Waals surface area contributed by atoms with Gasteiger partial charge in [0.2, 0.25) is 10.0 Å². The van der Waals surface area contributed by atoms with Crippen molar-refractivity contribution >= 4 is 22.0 Å². The minimum absolute atomic E-state index is 0.0613. The van der Waals surface area contributed by atoms with Crippen molar-refractivity contribution in [2.75, 3.05) is 13.7 Å². The maximum absolute atomic E-state index is 12.4. The predicted octanol–water partition coefficient (Wildman–Crippen LogP) is -0.625. The summed E-state index contributed by atoms with van der Waals surface area (Å²) >= 11 is 0. The molecule has 2 rings (SSSR count). The number of carbonyl (C=O) groups is 2. The van der Waals surface area contributed by atoms with Crippen LogP contribution in [0.3, 0.4) is 0 Å². The van der Waals surface area contributed by atoms with Gasteiger partial charge in [-0.1, -0.05) is 0 Å². The first-order chi connectivity index (χ1) is 11.1. The van der Waals surface area contributed by atoms with Crippen LogP contribution >= 0.6 is 0 Å². The molecule has 0 spiro atoms. The Bertz CT molecular complexity index is 779. The molecule has 3 amide bonds. The summed E-state index contributed by atoms with van der Waals surface area (Å²) in [5.41, 5.74) is 4.24. The number of imide groups is 1. The number of methoxy groups -OCH3 is 1. The van der Waals surface area contributed by atoms with Crippen LogP contribution in [0.2, 0.25) is 0 Å². The summed E-state index contributed by atoms with van der Waals surface area (Å²) in [6.07, 6.45) is 0.